The first kappa shape index (κ1) is 13.6. The molecule has 1 aromatic carbocycles. The van der Waals surface area contributed by atoms with Gasteiger partial charge in [-0.15, -0.1) is 0 Å². The lowest BCUT2D eigenvalue weighted by molar-refractivity contribution is -0.384. The first-order chi connectivity index (χ1) is 9.32. The van der Waals surface area contributed by atoms with E-state index in [1.54, 1.807) is 0 Å². The molecule has 0 fully saturated rings. The van der Waals surface area contributed by atoms with Crippen molar-refractivity contribution in [3.8, 4) is 0 Å². The highest BCUT2D eigenvalue weighted by Gasteiger charge is 2.38. The van der Waals surface area contributed by atoms with Gasteiger partial charge in [0.05, 0.1) is 22.6 Å². The molecule has 1 unspecified atom stereocenters. The Labute approximate surface area is 111 Å². The summed E-state index contributed by atoms with van der Waals surface area (Å²) in [5.41, 5.74) is 4.83. The van der Waals surface area contributed by atoms with E-state index in [1.165, 1.54) is 6.07 Å². The summed E-state index contributed by atoms with van der Waals surface area (Å²) in [5.74, 6) is -2.85. The number of carbonyl (C=O) groups excluding carboxylic acids is 2. The fraction of sp³-hybridized carbons (Fsp3) is 0.182. The number of nitrogens with two attached hydrogens (primary N) is 1. The first-order valence-electron chi connectivity index (χ1n) is 5.46. The topological polar surface area (TPSA) is 144 Å². The molecule has 1 aliphatic heterocycles. The lowest BCUT2D eigenvalue weighted by Crippen LogP contribution is -2.45. The number of nitro benzene ring substituents is 1. The monoisotopic (exact) mass is 279 g/mol. The van der Waals surface area contributed by atoms with E-state index in [2.05, 4.69) is 0 Å². The number of fused-ring (bicyclic) bond motifs is 1. The number of aliphatic carboxylic acids is 1. The predicted molar refractivity (Wildman–Crippen MR) is 64.1 cm³/mol. The molecule has 1 heterocycles. The second kappa shape index (κ2) is 4.70. The summed E-state index contributed by atoms with van der Waals surface area (Å²) in [6.45, 7) is -0.491. The van der Waals surface area contributed by atoms with Gasteiger partial charge in [-0.1, -0.05) is 0 Å². The molecular formula is C11H9N3O6. The van der Waals surface area contributed by atoms with Crippen LogP contribution in [0.25, 0.3) is 0 Å². The molecule has 2 rings (SSSR count). The number of nitrogens with zero attached hydrogens (tertiary/aromatic N) is 2. The molecule has 104 valence electrons. The Kier molecular flexibility index (Phi) is 3.20. The Morgan fingerprint density at radius 2 is 1.95 bits per heavy atom. The highest BCUT2D eigenvalue weighted by molar-refractivity contribution is 6.21. The minimum Gasteiger partial charge on any atom is -0.480 e. The number of hydrogen-bond acceptors (Lipinski definition) is 6. The van der Waals surface area contributed by atoms with Crippen LogP contribution in [0.1, 0.15) is 20.7 Å². The highest BCUT2D eigenvalue weighted by atomic mass is 16.6. The number of carboxylic acids is 1. The van der Waals surface area contributed by atoms with E-state index >= 15 is 0 Å². The van der Waals surface area contributed by atoms with E-state index in [-0.39, 0.29) is 16.8 Å². The van der Waals surface area contributed by atoms with Crippen LogP contribution < -0.4 is 5.73 Å². The quantitative estimate of drug-likeness (QED) is 0.433. The maximum atomic E-state index is 12.0. The third-order valence-electron chi connectivity index (χ3n) is 2.86. The van der Waals surface area contributed by atoms with E-state index in [9.17, 15) is 24.5 Å². The van der Waals surface area contributed by atoms with Gasteiger partial charge in [0.25, 0.3) is 17.5 Å². The number of imide groups is 1. The van der Waals surface area contributed by atoms with Crippen LogP contribution in [-0.4, -0.2) is 45.3 Å². The molecule has 0 aromatic heterocycles. The zero-order valence-corrected chi connectivity index (χ0v) is 9.98. The van der Waals surface area contributed by atoms with Gasteiger partial charge in [0.15, 0.2) is 0 Å². The maximum absolute atomic E-state index is 12.0. The van der Waals surface area contributed by atoms with Gasteiger partial charge in [-0.05, 0) is 6.07 Å². The van der Waals surface area contributed by atoms with E-state index in [1.807, 2.05) is 0 Å². The van der Waals surface area contributed by atoms with Crippen molar-refractivity contribution in [2.45, 2.75) is 6.04 Å². The van der Waals surface area contributed by atoms with Crippen molar-refractivity contribution >= 4 is 23.5 Å². The number of benzene rings is 1. The van der Waals surface area contributed by atoms with Crippen LogP contribution in [0.3, 0.4) is 0 Å². The summed E-state index contributed by atoms with van der Waals surface area (Å²) in [5, 5.41) is 19.3. The molecule has 9 nitrogen and oxygen atoms in total. The summed E-state index contributed by atoms with van der Waals surface area (Å²) in [6, 6.07) is 1.85. The maximum Gasteiger partial charge on any atom is 0.322 e. The van der Waals surface area contributed by atoms with Crippen LogP contribution in [0.2, 0.25) is 0 Å². The normalized spacial score (nSPS) is 15.2. The van der Waals surface area contributed by atoms with Gasteiger partial charge >= 0.3 is 5.97 Å². The molecule has 1 atom stereocenters. The summed E-state index contributed by atoms with van der Waals surface area (Å²) in [6.07, 6.45) is 0. The summed E-state index contributed by atoms with van der Waals surface area (Å²) in [4.78, 5) is 45.2. The number of carbonyl (C=O) groups is 3. The number of rotatable bonds is 4. The Hall–Kier alpha value is -2.81. The lowest BCUT2D eigenvalue weighted by atomic mass is 10.1. The Balaban J connectivity index is 2.35. The van der Waals surface area contributed by atoms with Crippen molar-refractivity contribution in [1.29, 1.82) is 0 Å². The average Bonchev–Trinajstić information content (AvgIpc) is 2.63. The van der Waals surface area contributed by atoms with Crippen molar-refractivity contribution in [3.05, 3.63) is 39.4 Å². The summed E-state index contributed by atoms with van der Waals surface area (Å²) in [7, 11) is 0. The van der Waals surface area contributed by atoms with Crippen LogP contribution in [0.5, 0.6) is 0 Å². The molecule has 2 amide bonds. The molecule has 0 spiro atoms. The van der Waals surface area contributed by atoms with Crippen LogP contribution >= 0.6 is 0 Å². The van der Waals surface area contributed by atoms with Gasteiger partial charge in [-0.25, -0.2) is 0 Å². The third kappa shape index (κ3) is 2.10. The van der Waals surface area contributed by atoms with Crippen molar-refractivity contribution in [2.24, 2.45) is 5.73 Å². The van der Waals surface area contributed by atoms with E-state index in [0.717, 1.165) is 12.1 Å². The second-order valence-corrected chi connectivity index (χ2v) is 4.15. The molecule has 1 aliphatic rings. The standard InChI is InChI=1S/C11H9N3O6/c12-8(11(17)18)4-13-9(15)6-2-1-5(14(19)20)3-7(6)10(13)16/h1-3,8H,4,12H2,(H,17,18). The molecular weight excluding hydrogens is 270 g/mol. The third-order valence-corrected chi connectivity index (χ3v) is 2.86. The molecule has 0 radical (unpaired) electrons. The fourth-order valence-electron chi connectivity index (χ4n) is 1.83. The van der Waals surface area contributed by atoms with E-state index in [4.69, 9.17) is 10.8 Å². The second-order valence-electron chi connectivity index (χ2n) is 4.15. The average molecular weight is 279 g/mol. The van der Waals surface area contributed by atoms with Crippen molar-refractivity contribution in [3.63, 3.8) is 0 Å². The fourth-order valence-corrected chi connectivity index (χ4v) is 1.83. The molecule has 0 aliphatic carbocycles. The Bertz CT molecular complexity index is 641. The van der Waals surface area contributed by atoms with Gasteiger partial charge in [-0.2, -0.15) is 0 Å². The number of non-ortho nitro benzene ring substituents is 1. The molecule has 20 heavy (non-hydrogen) atoms. The van der Waals surface area contributed by atoms with Crippen molar-refractivity contribution in [2.75, 3.05) is 6.54 Å². The van der Waals surface area contributed by atoms with E-state index in [0.29, 0.717) is 4.90 Å². The SMILES string of the molecule is NC(CN1C(=O)c2ccc([N+](=O)[O-])cc2C1=O)C(=O)O. The minimum absolute atomic E-state index is 0.00168. The minimum atomic E-state index is -1.41. The molecule has 0 saturated heterocycles. The van der Waals surface area contributed by atoms with Crippen molar-refractivity contribution in [1.82, 2.24) is 4.90 Å². The molecule has 0 bridgehead atoms. The molecule has 0 saturated carbocycles. The molecule has 3 N–H and O–H groups in total. The van der Waals surface area contributed by atoms with Crippen LogP contribution in [0, 0.1) is 10.1 Å². The van der Waals surface area contributed by atoms with Crippen LogP contribution in [-0.2, 0) is 4.79 Å². The Morgan fingerprint density at radius 3 is 2.50 bits per heavy atom. The van der Waals surface area contributed by atoms with Gasteiger partial charge in [0, 0.05) is 12.1 Å². The number of nitro groups is 1. The molecule has 9 heteroatoms. The van der Waals surface area contributed by atoms with Gasteiger partial charge < -0.3 is 10.8 Å². The zero-order valence-electron chi connectivity index (χ0n) is 9.98. The van der Waals surface area contributed by atoms with Crippen LogP contribution in [0.15, 0.2) is 18.2 Å². The van der Waals surface area contributed by atoms with Gasteiger partial charge in [-0.3, -0.25) is 29.4 Å². The first-order valence-corrected chi connectivity index (χ1v) is 5.46. The number of carboxylic acid groups (broad SMARTS) is 1. The van der Waals surface area contributed by atoms with E-state index < -0.39 is 35.3 Å². The smallest absolute Gasteiger partial charge is 0.322 e. The lowest BCUT2D eigenvalue weighted by Gasteiger charge is -2.16. The largest absolute Gasteiger partial charge is 0.480 e. The number of hydrogen-bond donors (Lipinski definition) is 2. The highest BCUT2D eigenvalue weighted by Crippen LogP contribution is 2.26. The van der Waals surface area contributed by atoms with Gasteiger partial charge in [0.1, 0.15) is 6.04 Å². The van der Waals surface area contributed by atoms with Crippen molar-refractivity contribution < 1.29 is 24.4 Å². The van der Waals surface area contributed by atoms with Gasteiger partial charge in [0.2, 0.25) is 0 Å². The Morgan fingerprint density at radius 1 is 1.35 bits per heavy atom. The number of amides is 2. The summed E-state index contributed by atoms with van der Waals surface area (Å²) >= 11 is 0. The van der Waals surface area contributed by atoms with Crippen LogP contribution in [0.4, 0.5) is 5.69 Å². The molecule has 1 aromatic rings. The predicted octanol–water partition coefficient (Wildman–Crippen LogP) is -0.397. The summed E-state index contributed by atoms with van der Waals surface area (Å²) < 4.78 is 0. The zero-order chi connectivity index (χ0) is 15.0.